The fourth-order valence-corrected chi connectivity index (χ4v) is 2.50. The van der Waals surface area contributed by atoms with E-state index in [4.69, 9.17) is 15.9 Å². The van der Waals surface area contributed by atoms with E-state index in [0.717, 1.165) is 0 Å². The highest BCUT2D eigenvalue weighted by molar-refractivity contribution is 5.95. The number of nitrogens with two attached hydrogens (primary N) is 1. The summed E-state index contributed by atoms with van der Waals surface area (Å²) in [6.45, 7) is 1.12. The van der Waals surface area contributed by atoms with Crippen molar-refractivity contribution in [1.82, 2.24) is 15.5 Å². The largest absolute Gasteiger partial charge is 0.481 e. The van der Waals surface area contributed by atoms with Gasteiger partial charge in [-0.3, -0.25) is 24.0 Å². The van der Waals surface area contributed by atoms with Crippen LogP contribution in [-0.4, -0.2) is 76.0 Å². The molecule has 1 heterocycles. The minimum absolute atomic E-state index is 0.341. The SMILES string of the molecule is CC(N)C(=O)N1CCCC1C(=O)NC(CC(=O)O)C(=O)NCC(=O)O. The molecule has 1 aliphatic heterocycles. The Bertz CT molecular complexity index is 563. The summed E-state index contributed by atoms with van der Waals surface area (Å²) in [7, 11) is 0. The van der Waals surface area contributed by atoms with Crippen LogP contribution in [0.15, 0.2) is 0 Å². The third-order valence-corrected chi connectivity index (χ3v) is 3.65. The highest BCUT2D eigenvalue weighted by Crippen LogP contribution is 2.18. The van der Waals surface area contributed by atoms with E-state index in [0.29, 0.717) is 19.4 Å². The molecule has 3 amide bonds. The molecule has 0 aromatic rings. The Kier molecular flexibility index (Phi) is 7.30. The minimum atomic E-state index is -1.45. The maximum atomic E-state index is 12.4. The number of carbonyl (C=O) groups excluding carboxylic acids is 3. The molecule has 1 rings (SSSR count). The molecule has 0 radical (unpaired) electrons. The van der Waals surface area contributed by atoms with E-state index < -0.39 is 60.8 Å². The molecular formula is C14H22N4O7. The third-order valence-electron chi connectivity index (χ3n) is 3.65. The molecule has 3 unspecified atom stereocenters. The van der Waals surface area contributed by atoms with Gasteiger partial charge in [-0.25, -0.2) is 0 Å². The first kappa shape index (κ1) is 20.4. The normalized spacial score (nSPS) is 19.0. The first-order valence-electron chi connectivity index (χ1n) is 7.71. The fraction of sp³-hybridized carbons (Fsp3) is 0.643. The summed E-state index contributed by atoms with van der Waals surface area (Å²) in [5, 5.41) is 21.7. The van der Waals surface area contributed by atoms with Gasteiger partial charge in [0.1, 0.15) is 18.6 Å². The Hall–Kier alpha value is -2.69. The number of likely N-dealkylation sites (tertiary alicyclic amines) is 1. The number of nitrogens with zero attached hydrogens (tertiary/aromatic N) is 1. The number of carboxylic acid groups (broad SMARTS) is 2. The van der Waals surface area contributed by atoms with Gasteiger partial charge in [0, 0.05) is 6.54 Å². The summed E-state index contributed by atoms with van der Waals surface area (Å²) < 4.78 is 0. The van der Waals surface area contributed by atoms with Crippen molar-refractivity contribution in [3.8, 4) is 0 Å². The van der Waals surface area contributed by atoms with E-state index in [-0.39, 0.29) is 0 Å². The molecule has 11 nitrogen and oxygen atoms in total. The zero-order valence-corrected chi connectivity index (χ0v) is 13.7. The van der Waals surface area contributed by atoms with Gasteiger partial charge in [-0.15, -0.1) is 0 Å². The first-order chi connectivity index (χ1) is 11.6. The Morgan fingerprint density at radius 3 is 2.36 bits per heavy atom. The van der Waals surface area contributed by atoms with Gasteiger partial charge in [0.25, 0.3) is 0 Å². The highest BCUT2D eigenvalue weighted by atomic mass is 16.4. The van der Waals surface area contributed by atoms with E-state index in [9.17, 15) is 24.0 Å². The van der Waals surface area contributed by atoms with Crippen molar-refractivity contribution in [3.05, 3.63) is 0 Å². The number of hydrogen-bond donors (Lipinski definition) is 5. The second kappa shape index (κ2) is 8.97. The lowest BCUT2D eigenvalue weighted by atomic mass is 10.1. The second-order valence-electron chi connectivity index (χ2n) is 5.75. The molecule has 0 aromatic heterocycles. The Morgan fingerprint density at radius 1 is 1.20 bits per heavy atom. The van der Waals surface area contributed by atoms with Crippen molar-refractivity contribution in [1.29, 1.82) is 0 Å². The van der Waals surface area contributed by atoms with Gasteiger partial charge in [-0.2, -0.15) is 0 Å². The van der Waals surface area contributed by atoms with Gasteiger partial charge >= 0.3 is 11.9 Å². The molecule has 11 heteroatoms. The summed E-state index contributed by atoms with van der Waals surface area (Å²) in [6.07, 6.45) is 0.220. The number of aliphatic carboxylic acids is 2. The molecule has 0 bridgehead atoms. The lowest BCUT2D eigenvalue weighted by Gasteiger charge is -2.27. The van der Waals surface area contributed by atoms with Crippen LogP contribution >= 0.6 is 0 Å². The number of nitrogens with one attached hydrogen (secondary N) is 2. The molecule has 1 aliphatic rings. The zero-order valence-electron chi connectivity index (χ0n) is 13.7. The summed E-state index contributed by atoms with van der Waals surface area (Å²) in [6, 6.07) is -3.08. The average molecular weight is 358 g/mol. The van der Waals surface area contributed by atoms with Crippen molar-refractivity contribution in [2.24, 2.45) is 5.73 Å². The summed E-state index contributed by atoms with van der Waals surface area (Å²) in [4.78, 5) is 59.0. The van der Waals surface area contributed by atoms with E-state index in [2.05, 4.69) is 5.32 Å². The monoisotopic (exact) mass is 358 g/mol. The summed E-state index contributed by atoms with van der Waals surface area (Å²) >= 11 is 0. The molecule has 25 heavy (non-hydrogen) atoms. The van der Waals surface area contributed by atoms with Crippen molar-refractivity contribution in [2.75, 3.05) is 13.1 Å². The van der Waals surface area contributed by atoms with Crippen LogP contribution in [0.4, 0.5) is 0 Å². The quantitative estimate of drug-likeness (QED) is 0.315. The van der Waals surface area contributed by atoms with Crippen molar-refractivity contribution >= 4 is 29.7 Å². The van der Waals surface area contributed by atoms with Gasteiger partial charge in [0.2, 0.25) is 17.7 Å². The lowest BCUT2D eigenvalue weighted by molar-refractivity contribution is -0.143. The number of carboxylic acids is 2. The molecule has 0 aromatic carbocycles. The van der Waals surface area contributed by atoms with Crippen LogP contribution < -0.4 is 16.4 Å². The highest BCUT2D eigenvalue weighted by Gasteiger charge is 2.37. The molecule has 0 saturated carbocycles. The van der Waals surface area contributed by atoms with Crippen LogP contribution in [0, 0.1) is 0 Å². The molecular weight excluding hydrogens is 336 g/mol. The smallest absolute Gasteiger partial charge is 0.322 e. The number of amides is 3. The topological polar surface area (TPSA) is 179 Å². The molecule has 140 valence electrons. The molecule has 6 N–H and O–H groups in total. The first-order valence-corrected chi connectivity index (χ1v) is 7.71. The summed E-state index contributed by atoms with van der Waals surface area (Å²) in [5.74, 6) is -4.67. The van der Waals surface area contributed by atoms with Crippen molar-refractivity contribution in [2.45, 2.75) is 44.3 Å². The van der Waals surface area contributed by atoms with E-state index in [1.165, 1.54) is 11.8 Å². The fourth-order valence-electron chi connectivity index (χ4n) is 2.50. The molecule has 1 saturated heterocycles. The Morgan fingerprint density at radius 2 is 1.84 bits per heavy atom. The van der Waals surface area contributed by atoms with Crippen LogP contribution in [0.5, 0.6) is 0 Å². The maximum absolute atomic E-state index is 12.4. The van der Waals surface area contributed by atoms with Gasteiger partial charge in [-0.05, 0) is 19.8 Å². The van der Waals surface area contributed by atoms with Crippen LogP contribution in [0.3, 0.4) is 0 Å². The molecule has 0 aliphatic carbocycles. The standard InChI is InChI=1S/C14H22N4O7/c1-7(15)14(25)18-4-2-3-9(18)13(24)17-8(5-10(19)20)12(23)16-6-11(21)22/h7-9H,2-6,15H2,1H3,(H,16,23)(H,17,24)(H,19,20)(H,21,22). The van der Waals surface area contributed by atoms with Crippen LogP contribution in [0.1, 0.15) is 26.2 Å². The summed E-state index contributed by atoms with van der Waals surface area (Å²) in [5.41, 5.74) is 5.54. The second-order valence-corrected chi connectivity index (χ2v) is 5.75. The predicted molar refractivity (Wildman–Crippen MR) is 83.2 cm³/mol. The van der Waals surface area contributed by atoms with Crippen LogP contribution in [0.25, 0.3) is 0 Å². The van der Waals surface area contributed by atoms with Gasteiger partial charge < -0.3 is 31.5 Å². The Balaban J connectivity index is 2.79. The van der Waals surface area contributed by atoms with Gasteiger partial charge in [0.15, 0.2) is 0 Å². The zero-order chi connectivity index (χ0) is 19.1. The maximum Gasteiger partial charge on any atom is 0.322 e. The van der Waals surface area contributed by atoms with Crippen LogP contribution in [-0.2, 0) is 24.0 Å². The van der Waals surface area contributed by atoms with E-state index in [1.807, 2.05) is 5.32 Å². The molecule has 1 fully saturated rings. The predicted octanol–water partition coefficient (Wildman–Crippen LogP) is -2.52. The minimum Gasteiger partial charge on any atom is -0.481 e. The average Bonchev–Trinajstić information content (AvgIpc) is 2.99. The number of hydrogen-bond acceptors (Lipinski definition) is 6. The number of rotatable bonds is 8. The third kappa shape index (κ3) is 6.03. The van der Waals surface area contributed by atoms with Gasteiger partial charge in [0.05, 0.1) is 12.5 Å². The Labute approximate surface area is 143 Å². The molecule has 0 spiro atoms. The van der Waals surface area contributed by atoms with Crippen LogP contribution in [0.2, 0.25) is 0 Å². The molecule has 3 atom stereocenters. The van der Waals surface area contributed by atoms with E-state index >= 15 is 0 Å². The lowest BCUT2D eigenvalue weighted by Crippen LogP contribution is -2.55. The van der Waals surface area contributed by atoms with Crippen molar-refractivity contribution in [3.63, 3.8) is 0 Å². The van der Waals surface area contributed by atoms with Gasteiger partial charge in [-0.1, -0.05) is 0 Å². The van der Waals surface area contributed by atoms with E-state index in [1.54, 1.807) is 0 Å². The number of carbonyl (C=O) groups is 5. The van der Waals surface area contributed by atoms with Crippen molar-refractivity contribution < 1.29 is 34.2 Å².